The number of nitrogens with zero attached hydrogens (tertiary/aromatic N) is 1. The van der Waals surface area contributed by atoms with Gasteiger partial charge in [-0.15, -0.1) is 0 Å². The van der Waals surface area contributed by atoms with Gasteiger partial charge < -0.3 is 11.1 Å². The first kappa shape index (κ1) is 15.3. The summed E-state index contributed by atoms with van der Waals surface area (Å²) in [5, 5.41) is 3.49. The number of rotatable bonds is 6. The molecule has 4 heteroatoms. The Kier molecular flexibility index (Phi) is 4.28. The molecule has 1 heterocycles. The Hall–Kier alpha value is -0.610. The van der Waals surface area contributed by atoms with E-state index in [1.807, 2.05) is 6.92 Å². The van der Waals surface area contributed by atoms with E-state index >= 15 is 0 Å². The minimum absolute atomic E-state index is 0.194. The Labute approximate surface area is 128 Å². The third-order valence-electron chi connectivity index (χ3n) is 5.97. The first-order valence-electron chi connectivity index (χ1n) is 8.83. The van der Waals surface area contributed by atoms with Crippen LogP contribution in [0.1, 0.15) is 65.2 Å². The fourth-order valence-electron chi connectivity index (χ4n) is 4.61. The van der Waals surface area contributed by atoms with Crippen LogP contribution in [0.25, 0.3) is 0 Å². The smallest absolute Gasteiger partial charge is 0.237 e. The van der Waals surface area contributed by atoms with Gasteiger partial charge in [0.25, 0.3) is 0 Å². The molecular formula is C17H31N3O. The lowest BCUT2D eigenvalue weighted by molar-refractivity contribution is -0.124. The number of carbonyl (C=O) groups is 1. The zero-order valence-corrected chi connectivity index (χ0v) is 13.6. The average molecular weight is 293 g/mol. The zero-order valence-electron chi connectivity index (χ0n) is 13.6. The second-order valence-corrected chi connectivity index (χ2v) is 7.81. The highest BCUT2D eigenvalue weighted by Gasteiger charge is 2.42. The summed E-state index contributed by atoms with van der Waals surface area (Å²) in [7, 11) is 0. The molecule has 3 N–H and O–H groups in total. The number of likely N-dealkylation sites (tertiary alicyclic amines) is 1. The van der Waals surface area contributed by atoms with Crippen LogP contribution in [-0.2, 0) is 4.79 Å². The molecule has 4 atom stereocenters. The van der Waals surface area contributed by atoms with E-state index in [4.69, 9.17) is 5.73 Å². The summed E-state index contributed by atoms with van der Waals surface area (Å²) in [4.78, 5) is 14.6. The predicted molar refractivity (Wildman–Crippen MR) is 84.9 cm³/mol. The van der Waals surface area contributed by atoms with Gasteiger partial charge in [-0.25, -0.2) is 0 Å². The Morgan fingerprint density at radius 1 is 1.29 bits per heavy atom. The van der Waals surface area contributed by atoms with Gasteiger partial charge in [0, 0.05) is 18.1 Å². The van der Waals surface area contributed by atoms with E-state index in [0.29, 0.717) is 12.1 Å². The molecule has 2 aliphatic carbocycles. The van der Waals surface area contributed by atoms with Crippen LogP contribution < -0.4 is 11.1 Å². The standard InChI is InChI=1S/C17H31N3O/c1-12(11-17(2,16(18)21)19-14-7-8-14)20-10-9-13-5-3-4-6-15(13)20/h12-15,19H,3-11H2,1-2H3,(H2,18,21). The maximum Gasteiger partial charge on any atom is 0.237 e. The van der Waals surface area contributed by atoms with Gasteiger partial charge in [-0.05, 0) is 64.8 Å². The van der Waals surface area contributed by atoms with Crippen molar-refractivity contribution >= 4 is 5.91 Å². The van der Waals surface area contributed by atoms with Crippen molar-refractivity contribution < 1.29 is 4.79 Å². The van der Waals surface area contributed by atoms with Gasteiger partial charge in [0.1, 0.15) is 0 Å². The van der Waals surface area contributed by atoms with E-state index in [1.54, 1.807) is 0 Å². The molecule has 3 fully saturated rings. The van der Waals surface area contributed by atoms with Gasteiger partial charge in [-0.1, -0.05) is 12.8 Å². The fraction of sp³-hybridized carbons (Fsp3) is 0.941. The van der Waals surface area contributed by atoms with E-state index in [2.05, 4.69) is 17.1 Å². The largest absolute Gasteiger partial charge is 0.368 e. The molecule has 0 aromatic carbocycles. The molecule has 3 aliphatic rings. The molecule has 1 aliphatic heterocycles. The van der Waals surface area contributed by atoms with Crippen molar-refractivity contribution in [2.24, 2.45) is 11.7 Å². The predicted octanol–water partition coefficient (Wildman–Crippen LogP) is 2.03. The van der Waals surface area contributed by atoms with Gasteiger partial charge in [-0.2, -0.15) is 0 Å². The number of nitrogens with two attached hydrogens (primary N) is 1. The molecule has 0 aromatic heterocycles. The first-order valence-corrected chi connectivity index (χ1v) is 8.83. The lowest BCUT2D eigenvalue weighted by Gasteiger charge is -2.39. The summed E-state index contributed by atoms with van der Waals surface area (Å²) >= 11 is 0. The van der Waals surface area contributed by atoms with E-state index in [-0.39, 0.29) is 5.91 Å². The number of hydrogen-bond acceptors (Lipinski definition) is 3. The molecular weight excluding hydrogens is 262 g/mol. The Balaban J connectivity index is 1.63. The van der Waals surface area contributed by atoms with E-state index in [0.717, 1.165) is 18.4 Å². The molecule has 4 nitrogen and oxygen atoms in total. The van der Waals surface area contributed by atoms with E-state index in [1.165, 1.54) is 51.5 Å². The van der Waals surface area contributed by atoms with Crippen LogP contribution >= 0.6 is 0 Å². The minimum Gasteiger partial charge on any atom is -0.368 e. The van der Waals surface area contributed by atoms with E-state index < -0.39 is 5.54 Å². The fourth-order valence-corrected chi connectivity index (χ4v) is 4.61. The van der Waals surface area contributed by atoms with Crippen molar-refractivity contribution in [2.75, 3.05) is 6.54 Å². The van der Waals surface area contributed by atoms with Gasteiger partial charge in [0.2, 0.25) is 5.91 Å². The van der Waals surface area contributed by atoms with Gasteiger partial charge in [0.15, 0.2) is 0 Å². The molecule has 0 aromatic rings. The van der Waals surface area contributed by atoms with Crippen molar-refractivity contribution in [1.29, 1.82) is 0 Å². The topological polar surface area (TPSA) is 58.4 Å². The van der Waals surface area contributed by atoms with Crippen LogP contribution in [-0.4, -0.2) is 41.0 Å². The lowest BCUT2D eigenvalue weighted by atomic mass is 9.84. The Bertz CT molecular complexity index is 395. The lowest BCUT2D eigenvalue weighted by Crippen LogP contribution is -2.57. The summed E-state index contributed by atoms with van der Waals surface area (Å²) in [5.41, 5.74) is 5.16. The highest BCUT2D eigenvalue weighted by Crippen LogP contribution is 2.38. The number of primary amides is 1. The maximum atomic E-state index is 12.0. The molecule has 3 rings (SSSR count). The van der Waals surface area contributed by atoms with Crippen LogP contribution in [0.15, 0.2) is 0 Å². The molecule has 0 bridgehead atoms. The highest BCUT2D eigenvalue weighted by molar-refractivity contribution is 5.84. The van der Waals surface area contributed by atoms with Crippen molar-refractivity contribution in [3.63, 3.8) is 0 Å². The highest BCUT2D eigenvalue weighted by atomic mass is 16.1. The number of carbonyl (C=O) groups excluding carboxylic acids is 1. The molecule has 1 saturated heterocycles. The summed E-state index contributed by atoms with van der Waals surface area (Å²) < 4.78 is 0. The second kappa shape index (κ2) is 5.88. The molecule has 2 saturated carbocycles. The van der Waals surface area contributed by atoms with Crippen LogP contribution in [0, 0.1) is 5.92 Å². The monoisotopic (exact) mass is 293 g/mol. The Morgan fingerprint density at radius 3 is 2.67 bits per heavy atom. The average Bonchev–Trinajstić information content (AvgIpc) is 3.14. The summed E-state index contributed by atoms with van der Waals surface area (Å²) in [6.07, 6.45) is 10.1. The molecule has 120 valence electrons. The summed E-state index contributed by atoms with van der Waals surface area (Å²) in [6, 6.07) is 1.70. The zero-order chi connectivity index (χ0) is 15.0. The van der Waals surface area contributed by atoms with Crippen molar-refractivity contribution in [3.05, 3.63) is 0 Å². The molecule has 1 amide bonds. The second-order valence-electron chi connectivity index (χ2n) is 7.81. The Morgan fingerprint density at radius 2 is 2.00 bits per heavy atom. The molecule has 0 spiro atoms. The molecule has 0 radical (unpaired) electrons. The SMILES string of the molecule is CC(CC(C)(NC1CC1)C(N)=O)N1CCC2CCCCC21. The normalized spacial score (nSPS) is 34.2. The van der Waals surface area contributed by atoms with Crippen LogP contribution in [0.5, 0.6) is 0 Å². The minimum atomic E-state index is -0.548. The number of nitrogens with one attached hydrogen (secondary N) is 1. The van der Waals surface area contributed by atoms with Crippen LogP contribution in [0.3, 0.4) is 0 Å². The first-order chi connectivity index (χ1) is 9.99. The van der Waals surface area contributed by atoms with Crippen LogP contribution in [0.4, 0.5) is 0 Å². The molecule has 4 unspecified atom stereocenters. The van der Waals surface area contributed by atoms with E-state index in [9.17, 15) is 4.79 Å². The van der Waals surface area contributed by atoms with Gasteiger partial charge in [0.05, 0.1) is 5.54 Å². The van der Waals surface area contributed by atoms with Gasteiger partial charge in [-0.3, -0.25) is 9.69 Å². The third-order valence-corrected chi connectivity index (χ3v) is 5.97. The number of fused-ring (bicyclic) bond motifs is 1. The van der Waals surface area contributed by atoms with Crippen molar-refractivity contribution in [2.45, 2.75) is 88.9 Å². The van der Waals surface area contributed by atoms with Crippen molar-refractivity contribution in [3.8, 4) is 0 Å². The van der Waals surface area contributed by atoms with Crippen molar-refractivity contribution in [1.82, 2.24) is 10.2 Å². The summed E-state index contributed by atoms with van der Waals surface area (Å²) in [6.45, 7) is 5.49. The maximum absolute atomic E-state index is 12.0. The number of amides is 1. The summed E-state index contributed by atoms with van der Waals surface area (Å²) in [5.74, 6) is 0.707. The van der Waals surface area contributed by atoms with Crippen LogP contribution in [0.2, 0.25) is 0 Å². The van der Waals surface area contributed by atoms with Gasteiger partial charge >= 0.3 is 0 Å². The quantitative estimate of drug-likeness (QED) is 0.788. The number of hydrogen-bond donors (Lipinski definition) is 2. The third kappa shape index (κ3) is 3.26. The molecule has 21 heavy (non-hydrogen) atoms.